The van der Waals surface area contributed by atoms with Crippen LogP contribution in [0.15, 0.2) is 39.5 Å². The fourth-order valence-electron chi connectivity index (χ4n) is 2.14. The Morgan fingerprint density at radius 1 is 0.818 bits per heavy atom. The minimum Gasteiger partial charge on any atom is -0.508 e. The van der Waals surface area contributed by atoms with E-state index in [1.807, 2.05) is 0 Å². The van der Waals surface area contributed by atoms with Gasteiger partial charge in [0.25, 0.3) is 0 Å². The van der Waals surface area contributed by atoms with Gasteiger partial charge in [0, 0.05) is 12.1 Å². The molecule has 0 saturated carbocycles. The normalized spacial score (nSPS) is 10.9. The van der Waals surface area contributed by atoms with E-state index in [2.05, 4.69) is 0 Å². The van der Waals surface area contributed by atoms with Crippen LogP contribution < -0.4 is 5.43 Å². The van der Waals surface area contributed by atoms with Crippen LogP contribution in [0.5, 0.6) is 28.7 Å². The van der Waals surface area contributed by atoms with Gasteiger partial charge in [-0.15, -0.1) is 0 Å². The molecule has 3 rings (SSSR count). The average Bonchev–Trinajstić information content (AvgIpc) is 2.46. The van der Waals surface area contributed by atoms with E-state index in [9.17, 15) is 30.3 Å². The molecule has 0 amide bonds. The molecule has 3 aromatic rings. The molecule has 112 valence electrons. The average molecular weight is 302 g/mol. The summed E-state index contributed by atoms with van der Waals surface area (Å²) in [6.07, 6.45) is 0. The Labute approximate surface area is 122 Å². The van der Waals surface area contributed by atoms with Gasteiger partial charge < -0.3 is 29.9 Å². The fourth-order valence-corrected chi connectivity index (χ4v) is 2.14. The zero-order valence-corrected chi connectivity index (χ0v) is 10.9. The third-order valence-corrected chi connectivity index (χ3v) is 3.18. The van der Waals surface area contributed by atoms with Crippen molar-refractivity contribution < 1.29 is 29.9 Å². The number of phenolic OH excluding ortho intramolecular Hbond substituents is 5. The summed E-state index contributed by atoms with van der Waals surface area (Å²) < 4.78 is 5.32. The van der Waals surface area contributed by atoms with Crippen LogP contribution in [0.1, 0.15) is 0 Å². The van der Waals surface area contributed by atoms with Gasteiger partial charge in [-0.05, 0) is 18.2 Å². The molecule has 1 heterocycles. The van der Waals surface area contributed by atoms with Gasteiger partial charge >= 0.3 is 0 Å². The lowest BCUT2D eigenvalue weighted by atomic mass is 10.1. The van der Waals surface area contributed by atoms with Gasteiger partial charge in [-0.25, -0.2) is 0 Å². The number of hydrogen-bond donors (Lipinski definition) is 5. The Kier molecular flexibility index (Phi) is 2.84. The SMILES string of the molecule is O=c1cc(-c2cc(O)ccc2O)oc2c(O)c(O)cc(O)c12. The smallest absolute Gasteiger partial charge is 0.202 e. The summed E-state index contributed by atoms with van der Waals surface area (Å²) in [4.78, 5) is 12.1. The first-order chi connectivity index (χ1) is 10.4. The number of hydrogen-bond acceptors (Lipinski definition) is 7. The molecule has 0 spiro atoms. The Hall–Kier alpha value is -3.35. The molecule has 0 radical (unpaired) electrons. The molecule has 2 aromatic carbocycles. The molecule has 5 N–H and O–H groups in total. The second-order valence-corrected chi connectivity index (χ2v) is 4.64. The lowest BCUT2D eigenvalue weighted by molar-refractivity contribution is 0.394. The minimum atomic E-state index is -0.716. The largest absolute Gasteiger partial charge is 0.508 e. The molecule has 0 unspecified atom stereocenters. The van der Waals surface area contributed by atoms with Crippen LogP contribution in [0.3, 0.4) is 0 Å². The van der Waals surface area contributed by atoms with Crippen molar-refractivity contribution in [2.45, 2.75) is 0 Å². The summed E-state index contributed by atoms with van der Waals surface area (Å²) in [7, 11) is 0. The topological polar surface area (TPSA) is 131 Å². The first kappa shape index (κ1) is 13.6. The van der Waals surface area contributed by atoms with Crippen LogP contribution in [0.2, 0.25) is 0 Å². The molecule has 0 aliphatic heterocycles. The highest BCUT2D eigenvalue weighted by atomic mass is 16.4. The first-order valence-electron chi connectivity index (χ1n) is 6.12. The van der Waals surface area contributed by atoms with Gasteiger partial charge in [-0.3, -0.25) is 4.79 Å². The summed E-state index contributed by atoms with van der Waals surface area (Å²) in [6.45, 7) is 0. The van der Waals surface area contributed by atoms with Crippen LogP contribution in [-0.4, -0.2) is 25.5 Å². The van der Waals surface area contributed by atoms with Crippen molar-refractivity contribution in [2.24, 2.45) is 0 Å². The summed E-state index contributed by atoms with van der Waals surface area (Å²) in [6, 6.07) is 5.42. The van der Waals surface area contributed by atoms with Crippen molar-refractivity contribution in [2.75, 3.05) is 0 Å². The van der Waals surface area contributed by atoms with Crippen molar-refractivity contribution >= 4 is 11.0 Å². The Bertz CT molecular complexity index is 956. The maximum atomic E-state index is 12.1. The van der Waals surface area contributed by atoms with E-state index in [1.165, 1.54) is 18.2 Å². The van der Waals surface area contributed by atoms with Crippen molar-refractivity contribution in [3.63, 3.8) is 0 Å². The third kappa shape index (κ3) is 1.96. The van der Waals surface area contributed by atoms with E-state index < -0.39 is 28.3 Å². The van der Waals surface area contributed by atoms with Gasteiger partial charge in [0.05, 0.1) is 5.56 Å². The lowest BCUT2D eigenvalue weighted by Gasteiger charge is -2.08. The van der Waals surface area contributed by atoms with E-state index in [4.69, 9.17) is 4.42 Å². The predicted octanol–water partition coefficient (Wildman–Crippen LogP) is 1.99. The number of fused-ring (bicyclic) bond motifs is 1. The zero-order valence-electron chi connectivity index (χ0n) is 10.9. The van der Waals surface area contributed by atoms with Gasteiger partial charge in [0.1, 0.15) is 28.4 Å². The number of rotatable bonds is 1. The van der Waals surface area contributed by atoms with E-state index in [0.717, 1.165) is 12.1 Å². The summed E-state index contributed by atoms with van der Waals surface area (Å²) in [5.74, 6) is -2.50. The monoisotopic (exact) mass is 302 g/mol. The van der Waals surface area contributed by atoms with Crippen molar-refractivity contribution in [3.05, 3.63) is 40.6 Å². The second-order valence-electron chi connectivity index (χ2n) is 4.64. The van der Waals surface area contributed by atoms with E-state index in [-0.39, 0.29) is 28.2 Å². The third-order valence-electron chi connectivity index (χ3n) is 3.18. The molecule has 0 aliphatic rings. The first-order valence-corrected chi connectivity index (χ1v) is 6.12. The molecular weight excluding hydrogens is 292 g/mol. The molecule has 0 saturated heterocycles. The van der Waals surface area contributed by atoms with E-state index in [1.54, 1.807) is 0 Å². The number of aromatic hydroxyl groups is 5. The number of benzene rings is 2. The Morgan fingerprint density at radius 2 is 1.55 bits per heavy atom. The molecule has 7 nitrogen and oxygen atoms in total. The predicted molar refractivity (Wildman–Crippen MR) is 76.2 cm³/mol. The maximum Gasteiger partial charge on any atom is 0.202 e. The van der Waals surface area contributed by atoms with Crippen LogP contribution >= 0.6 is 0 Å². The molecule has 0 atom stereocenters. The highest BCUT2D eigenvalue weighted by Crippen LogP contribution is 2.40. The van der Waals surface area contributed by atoms with Crippen molar-refractivity contribution in [1.29, 1.82) is 0 Å². The maximum absolute atomic E-state index is 12.1. The number of phenols is 5. The molecule has 0 aliphatic carbocycles. The lowest BCUT2D eigenvalue weighted by Crippen LogP contribution is -2.01. The van der Waals surface area contributed by atoms with Crippen molar-refractivity contribution in [1.82, 2.24) is 0 Å². The van der Waals surface area contributed by atoms with E-state index in [0.29, 0.717) is 0 Å². The van der Waals surface area contributed by atoms with Crippen LogP contribution in [0, 0.1) is 0 Å². The Balaban J connectivity index is 2.41. The summed E-state index contributed by atoms with van der Waals surface area (Å²) in [5, 5.41) is 47.9. The zero-order chi connectivity index (χ0) is 16.0. The second kappa shape index (κ2) is 4.59. The molecular formula is C15H10O7. The van der Waals surface area contributed by atoms with Crippen LogP contribution in [0.25, 0.3) is 22.3 Å². The van der Waals surface area contributed by atoms with E-state index >= 15 is 0 Å². The molecule has 22 heavy (non-hydrogen) atoms. The minimum absolute atomic E-state index is 0.0150. The van der Waals surface area contributed by atoms with Crippen LogP contribution in [0.4, 0.5) is 0 Å². The van der Waals surface area contributed by atoms with Crippen LogP contribution in [-0.2, 0) is 0 Å². The summed E-state index contributed by atoms with van der Waals surface area (Å²) in [5.41, 5.74) is -1.10. The van der Waals surface area contributed by atoms with Gasteiger partial charge in [0.15, 0.2) is 16.8 Å². The van der Waals surface area contributed by atoms with Gasteiger partial charge in [0.2, 0.25) is 5.75 Å². The quantitative estimate of drug-likeness (QED) is 0.343. The van der Waals surface area contributed by atoms with Gasteiger partial charge in [-0.1, -0.05) is 0 Å². The molecule has 0 fully saturated rings. The highest BCUT2D eigenvalue weighted by molar-refractivity contribution is 5.91. The molecule has 1 aromatic heterocycles. The van der Waals surface area contributed by atoms with Crippen molar-refractivity contribution in [3.8, 4) is 40.1 Å². The summed E-state index contributed by atoms with van der Waals surface area (Å²) >= 11 is 0. The fraction of sp³-hybridized carbons (Fsp3) is 0. The highest BCUT2D eigenvalue weighted by Gasteiger charge is 2.18. The molecule has 7 heteroatoms. The molecule has 0 bridgehead atoms. The van der Waals surface area contributed by atoms with Gasteiger partial charge in [-0.2, -0.15) is 0 Å². The standard InChI is InChI=1S/C15H10O7/c16-6-1-2-8(17)7(3-6)12-5-10(19)13-9(18)4-11(20)14(21)15(13)22-12/h1-5,16-18,20-21H. The Morgan fingerprint density at radius 3 is 2.27 bits per heavy atom.